The molecule has 4 nitrogen and oxygen atoms in total. The van der Waals surface area contributed by atoms with Crippen molar-refractivity contribution in [1.29, 1.82) is 0 Å². The summed E-state index contributed by atoms with van der Waals surface area (Å²) in [6.45, 7) is 1.92. The van der Waals surface area contributed by atoms with Crippen LogP contribution in [-0.4, -0.2) is 29.1 Å². The molecule has 0 bridgehead atoms. The Labute approximate surface area is 187 Å². The molecule has 0 aromatic heterocycles. The van der Waals surface area contributed by atoms with Crippen LogP contribution in [0.4, 0.5) is 0 Å². The molecule has 5 rings (SSSR count). The number of likely N-dealkylation sites (tertiary alicyclic amines) is 1. The number of carboxylic acids is 1. The van der Waals surface area contributed by atoms with Crippen molar-refractivity contribution in [1.82, 2.24) is 4.90 Å². The van der Waals surface area contributed by atoms with E-state index in [1.54, 1.807) is 0 Å². The number of rotatable bonds is 6. The van der Waals surface area contributed by atoms with Gasteiger partial charge in [-0.15, -0.1) is 0 Å². The first-order chi connectivity index (χ1) is 15.0. The fraction of sp³-hybridized carbons (Fsp3) is 0.269. The molecule has 1 saturated heterocycles. The minimum absolute atomic E-state index is 0.0797. The molecule has 2 aliphatic rings. The predicted molar refractivity (Wildman–Crippen MR) is 121 cm³/mol. The maximum absolute atomic E-state index is 11.0. The third-order valence-corrected chi connectivity index (χ3v) is 6.50. The van der Waals surface area contributed by atoms with Gasteiger partial charge in [0.1, 0.15) is 11.9 Å². The van der Waals surface area contributed by atoms with Gasteiger partial charge < -0.3 is 9.84 Å². The van der Waals surface area contributed by atoms with Crippen molar-refractivity contribution >= 4 is 17.6 Å². The molecule has 1 fully saturated rings. The largest absolute Gasteiger partial charge is 0.485 e. The number of carbonyl (C=O) groups is 1. The molecule has 158 valence electrons. The van der Waals surface area contributed by atoms with Gasteiger partial charge in [-0.3, -0.25) is 9.69 Å². The minimum atomic E-state index is -0.713. The number of aliphatic carboxylic acids is 1. The van der Waals surface area contributed by atoms with Gasteiger partial charge in [0.15, 0.2) is 0 Å². The molecule has 0 amide bonds. The van der Waals surface area contributed by atoms with Crippen LogP contribution in [0.5, 0.6) is 5.75 Å². The van der Waals surface area contributed by atoms with E-state index in [0.717, 1.165) is 36.3 Å². The molecule has 1 N–H and O–H groups in total. The fourth-order valence-electron chi connectivity index (χ4n) is 4.46. The smallest absolute Gasteiger partial charge is 0.309 e. The number of hydrogen-bond acceptors (Lipinski definition) is 3. The summed E-state index contributed by atoms with van der Waals surface area (Å²) >= 11 is 6.62. The lowest BCUT2D eigenvalue weighted by Gasteiger charge is -2.36. The van der Waals surface area contributed by atoms with Crippen LogP contribution in [0.3, 0.4) is 0 Å². The molecule has 31 heavy (non-hydrogen) atoms. The van der Waals surface area contributed by atoms with E-state index in [0.29, 0.717) is 18.1 Å². The lowest BCUT2D eigenvalue weighted by atomic mass is 9.97. The lowest BCUT2D eigenvalue weighted by molar-refractivity contribution is -0.147. The van der Waals surface area contributed by atoms with E-state index in [1.165, 1.54) is 16.7 Å². The zero-order chi connectivity index (χ0) is 21.4. The molecule has 3 aromatic rings. The van der Waals surface area contributed by atoms with E-state index in [4.69, 9.17) is 21.4 Å². The van der Waals surface area contributed by atoms with Crippen LogP contribution < -0.4 is 4.74 Å². The first kappa shape index (κ1) is 20.1. The second kappa shape index (κ2) is 8.37. The molecule has 0 spiro atoms. The van der Waals surface area contributed by atoms with Gasteiger partial charge in [-0.1, -0.05) is 66.2 Å². The monoisotopic (exact) mass is 433 g/mol. The second-order valence-corrected chi connectivity index (χ2v) is 8.91. The van der Waals surface area contributed by atoms with Gasteiger partial charge in [0, 0.05) is 36.6 Å². The Hall–Kier alpha value is -2.82. The predicted octanol–water partition coefficient (Wildman–Crippen LogP) is 5.12. The summed E-state index contributed by atoms with van der Waals surface area (Å²) in [5, 5.41) is 9.73. The van der Waals surface area contributed by atoms with Gasteiger partial charge in [0.05, 0.1) is 5.92 Å². The summed E-state index contributed by atoms with van der Waals surface area (Å²) in [7, 11) is 0. The minimum Gasteiger partial charge on any atom is -0.485 e. The molecule has 5 heteroatoms. The Morgan fingerprint density at radius 3 is 2.52 bits per heavy atom. The summed E-state index contributed by atoms with van der Waals surface area (Å²) in [5.41, 5.74) is 5.90. The van der Waals surface area contributed by atoms with Crippen LogP contribution in [0.25, 0.3) is 0 Å². The van der Waals surface area contributed by atoms with E-state index in [1.807, 2.05) is 18.2 Å². The Balaban J connectivity index is 1.25. The highest BCUT2D eigenvalue weighted by atomic mass is 35.5. The molecule has 0 saturated carbocycles. The van der Waals surface area contributed by atoms with E-state index >= 15 is 0 Å². The first-order valence-corrected chi connectivity index (χ1v) is 11.0. The van der Waals surface area contributed by atoms with Crippen molar-refractivity contribution < 1.29 is 14.6 Å². The summed E-state index contributed by atoms with van der Waals surface area (Å²) in [6, 6.07) is 23.0. The Kier molecular flexibility index (Phi) is 5.43. The number of benzene rings is 3. The van der Waals surface area contributed by atoms with Crippen LogP contribution in [0.1, 0.15) is 33.9 Å². The van der Waals surface area contributed by atoms with Crippen molar-refractivity contribution in [3.05, 3.63) is 99.6 Å². The topological polar surface area (TPSA) is 49.8 Å². The zero-order valence-corrected chi connectivity index (χ0v) is 17.9. The van der Waals surface area contributed by atoms with Crippen LogP contribution in [0.2, 0.25) is 5.02 Å². The normalized spacial score (nSPS) is 18.3. The van der Waals surface area contributed by atoms with Gasteiger partial charge in [-0.25, -0.2) is 0 Å². The summed E-state index contributed by atoms with van der Waals surface area (Å²) in [6.07, 6.45) is 1.64. The molecular weight excluding hydrogens is 410 g/mol. The van der Waals surface area contributed by atoms with Crippen molar-refractivity contribution in [2.24, 2.45) is 5.92 Å². The van der Waals surface area contributed by atoms with Gasteiger partial charge in [0.25, 0.3) is 0 Å². The Morgan fingerprint density at radius 1 is 1.00 bits per heavy atom. The highest BCUT2D eigenvalue weighted by Crippen LogP contribution is 2.40. The molecule has 1 unspecified atom stereocenters. The summed E-state index contributed by atoms with van der Waals surface area (Å²) in [4.78, 5) is 13.1. The Bertz CT molecular complexity index is 1110. The number of hydrogen-bond donors (Lipinski definition) is 1. The van der Waals surface area contributed by atoms with E-state index < -0.39 is 5.97 Å². The van der Waals surface area contributed by atoms with Gasteiger partial charge >= 0.3 is 5.97 Å². The van der Waals surface area contributed by atoms with E-state index in [2.05, 4.69) is 53.4 Å². The summed E-state index contributed by atoms with van der Waals surface area (Å²) in [5.74, 6) is -0.0244. The number of halogens is 1. The standard InChI is InChI=1S/C26H24ClNO3/c27-23-12-19(14-28-15-21(16-28)26(29)30)6-8-22(23)25-13-20-11-18(7-9-24(20)31-25)10-17-4-2-1-3-5-17/h1-9,11-12,21,25H,10,13-16H2,(H,29,30). The Morgan fingerprint density at radius 2 is 1.77 bits per heavy atom. The average Bonchev–Trinajstić information content (AvgIpc) is 3.14. The second-order valence-electron chi connectivity index (χ2n) is 8.50. The van der Waals surface area contributed by atoms with Crippen LogP contribution >= 0.6 is 11.6 Å². The highest BCUT2D eigenvalue weighted by Gasteiger charge is 2.32. The van der Waals surface area contributed by atoms with E-state index in [9.17, 15) is 4.79 Å². The van der Waals surface area contributed by atoms with Crippen molar-refractivity contribution in [3.63, 3.8) is 0 Å². The van der Waals surface area contributed by atoms with Gasteiger partial charge in [-0.05, 0) is 40.8 Å². The fourth-order valence-corrected chi connectivity index (χ4v) is 4.79. The first-order valence-electron chi connectivity index (χ1n) is 10.6. The number of ether oxygens (including phenoxy) is 1. The molecule has 0 radical (unpaired) electrons. The van der Waals surface area contributed by atoms with Crippen molar-refractivity contribution in [2.45, 2.75) is 25.5 Å². The van der Waals surface area contributed by atoms with Crippen LogP contribution in [0, 0.1) is 5.92 Å². The zero-order valence-electron chi connectivity index (χ0n) is 17.1. The number of nitrogens with zero attached hydrogens (tertiary/aromatic N) is 1. The highest BCUT2D eigenvalue weighted by molar-refractivity contribution is 6.31. The van der Waals surface area contributed by atoms with Crippen molar-refractivity contribution in [3.8, 4) is 5.75 Å². The lowest BCUT2D eigenvalue weighted by Crippen LogP contribution is -2.49. The van der Waals surface area contributed by atoms with Crippen molar-refractivity contribution in [2.75, 3.05) is 13.1 Å². The third-order valence-electron chi connectivity index (χ3n) is 6.17. The van der Waals surface area contributed by atoms with Crippen LogP contribution in [-0.2, 0) is 24.2 Å². The molecule has 2 aliphatic heterocycles. The average molecular weight is 434 g/mol. The number of fused-ring (bicyclic) bond motifs is 1. The molecule has 1 atom stereocenters. The van der Waals surface area contributed by atoms with Crippen LogP contribution in [0.15, 0.2) is 66.7 Å². The SMILES string of the molecule is O=C(O)C1CN(Cc2ccc(C3Cc4cc(Cc5ccccc5)ccc4O3)c(Cl)c2)C1. The maximum atomic E-state index is 11.0. The quantitative estimate of drug-likeness (QED) is 0.586. The molecular formula is C26H24ClNO3. The molecule has 0 aliphatic carbocycles. The van der Waals surface area contributed by atoms with Gasteiger partial charge in [0.2, 0.25) is 0 Å². The summed E-state index contributed by atoms with van der Waals surface area (Å²) < 4.78 is 6.21. The maximum Gasteiger partial charge on any atom is 0.309 e. The molecule has 2 heterocycles. The van der Waals surface area contributed by atoms with Gasteiger partial charge in [-0.2, -0.15) is 0 Å². The van der Waals surface area contributed by atoms with E-state index in [-0.39, 0.29) is 12.0 Å². The number of carboxylic acid groups (broad SMARTS) is 1. The third kappa shape index (κ3) is 4.32. The molecule has 3 aromatic carbocycles.